The van der Waals surface area contributed by atoms with Crippen LogP contribution in [0.1, 0.15) is 18.9 Å². The van der Waals surface area contributed by atoms with Crippen LogP contribution in [0.2, 0.25) is 0 Å². The fourth-order valence-corrected chi connectivity index (χ4v) is 1.97. The third kappa shape index (κ3) is 3.39. The molecule has 0 bridgehead atoms. The number of aliphatic hydroxyl groups excluding tert-OH is 1. The number of ether oxygens (including phenoxy) is 2. The van der Waals surface area contributed by atoms with Gasteiger partial charge in [0.25, 0.3) is 0 Å². The summed E-state index contributed by atoms with van der Waals surface area (Å²) in [5.41, 5.74) is 1.11. The Hall–Kier alpha value is -0.740. The molecule has 0 aliphatic heterocycles. The number of rotatable bonds is 5. The van der Waals surface area contributed by atoms with Crippen molar-refractivity contribution in [2.24, 2.45) is 0 Å². The summed E-state index contributed by atoms with van der Waals surface area (Å²) >= 11 is 3.48. The smallest absolute Gasteiger partial charge is 0.161 e. The maximum absolute atomic E-state index is 9.26. The largest absolute Gasteiger partial charge is 0.493 e. The van der Waals surface area contributed by atoms with Gasteiger partial charge in [-0.1, -0.05) is 15.9 Å². The lowest BCUT2D eigenvalue weighted by atomic mass is 10.1. The molecule has 0 heterocycles. The van der Waals surface area contributed by atoms with Gasteiger partial charge in [-0.15, -0.1) is 0 Å². The molecule has 1 N–H and O–H groups in total. The third-order valence-corrected chi connectivity index (χ3v) is 3.12. The van der Waals surface area contributed by atoms with Crippen LogP contribution in [0.15, 0.2) is 16.6 Å². The summed E-state index contributed by atoms with van der Waals surface area (Å²) in [7, 11) is 3.23. The number of benzene rings is 1. The van der Waals surface area contributed by atoms with Gasteiger partial charge < -0.3 is 14.6 Å². The monoisotopic (exact) mass is 288 g/mol. The maximum Gasteiger partial charge on any atom is 0.161 e. The number of halogens is 1. The molecule has 0 amide bonds. The molecule has 0 fully saturated rings. The molecule has 1 aromatic carbocycles. The van der Waals surface area contributed by atoms with Gasteiger partial charge in [-0.25, -0.2) is 0 Å². The van der Waals surface area contributed by atoms with Gasteiger partial charge in [-0.3, -0.25) is 0 Å². The summed E-state index contributed by atoms with van der Waals surface area (Å²) in [5.74, 6) is 1.42. The standard InChI is InChI=1S/C12H17BrO3/c1-8(14)4-5-9-6-11(15-2)12(16-3)7-10(9)13/h6-8,14H,4-5H2,1-3H3/t8-/m0/s1. The van der Waals surface area contributed by atoms with E-state index in [9.17, 15) is 5.11 Å². The lowest BCUT2D eigenvalue weighted by molar-refractivity contribution is 0.185. The topological polar surface area (TPSA) is 38.7 Å². The average Bonchev–Trinajstić information content (AvgIpc) is 2.26. The molecule has 1 atom stereocenters. The lowest BCUT2D eigenvalue weighted by Crippen LogP contribution is -2.02. The Morgan fingerprint density at radius 2 is 1.81 bits per heavy atom. The van der Waals surface area contributed by atoms with Crippen LogP contribution in [-0.4, -0.2) is 25.4 Å². The Bertz CT molecular complexity index is 350. The summed E-state index contributed by atoms with van der Waals surface area (Å²) in [5, 5.41) is 9.26. The fourth-order valence-electron chi connectivity index (χ4n) is 1.45. The summed E-state index contributed by atoms with van der Waals surface area (Å²) < 4.78 is 11.4. The second-order valence-corrected chi connectivity index (χ2v) is 4.54. The molecular formula is C12H17BrO3. The summed E-state index contributed by atoms with van der Waals surface area (Å²) in [6.45, 7) is 1.79. The highest BCUT2D eigenvalue weighted by atomic mass is 79.9. The van der Waals surface area contributed by atoms with Gasteiger partial charge in [-0.05, 0) is 37.5 Å². The molecular weight excluding hydrogens is 272 g/mol. The van der Waals surface area contributed by atoms with Crippen LogP contribution in [0.4, 0.5) is 0 Å². The van der Waals surface area contributed by atoms with E-state index in [0.29, 0.717) is 11.5 Å². The van der Waals surface area contributed by atoms with Gasteiger partial charge in [0.05, 0.1) is 20.3 Å². The minimum absolute atomic E-state index is 0.292. The van der Waals surface area contributed by atoms with Crippen LogP contribution < -0.4 is 9.47 Å². The Balaban J connectivity index is 2.92. The van der Waals surface area contributed by atoms with Crippen molar-refractivity contribution in [1.29, 1.82) is 0 Å². The molecule has 1 aromatic rings. The van der Waals surface area contributed by atoms with Crippen molar-refractivity contribution >= 4 is 15.9 Å². The molecule has 1 rings (SSSR count). The van der Waals surface area contributed by atoms with E-state index in [-0.39, 0.29) is 6.10 Å². The third-order valence-electron chi connectivity index (χ3n) is 2.38. The van der Waals surface area contributed by atoms with E-state index in [0.717, 1.165) is 22.9 Å². The number of hydrogen-bond acceptors (Lipinski definition) is 3. The molecule has 0 aliphatic rings. The molecule has 0 radical (unpaired) electrons. The molecule has 16 heavy (non-hydrogen) atoms. The Morgan fingerprint density at radius 1 is 1.25 bits per heavy atom. The molecule has 0 unspecified atom stereocenters. The second kappa shape index (κ2) is 6.11. The van der Waals surface area contributed by atoms with Gasteiger partial charge in [0.2, 0.25) is 0 Å². The zero-order valence-corrected chi connectivity index (χ0v) is 11.4. The van der Waals surface area contributed by atoms with Crippen molar-refractivity contribution in [3.8, 4) is 11.5 Å². The highest BCUT2D eigenvalue weighted by molar-refractivity contribution is 9.10. The fraction of sp³-hybridized carbons (Fsp3) is 0.500. The summed E-state index contributed by atoms with van der Waals surface area (Å²) in [6, 6.07) is 3.82. The summed E-state index contributed by atoms with van der Waals surface area (Å²) in [4.78, 5) is 0. The second-order valence-electron chi connectivity index (χ2n) is 3.69. The predicted octanol–water partition coefficient (Wildman–Crippen LogP) is 2.78. The number of aliphatic hydroxyl groups is 1. The van der Waals surface area contributed by atoms with E-state index in [1.54, 1.807) is 21.1 Å². The van der Waals surface area contributed by atoms with Crippen LogP contribution >= 0.6 is 15.9 Å². The van der Waals surface area contributed by atoms with Crippen LogP contribution in [0.25, 0.3) is 0 Å². The molecule has 90 valence electrons. The molecule has 4 heteroatoms. The van der Waals surface area contributed by atoms with Gasteiger partial charge >= 0.3 is 0 Å². The van der Waals surface area contributed by atoms with Crippen LogP contribution in [0.5, 0.6) is 11.5 Å². The van der Waals surface area contributed by atoms with E-state index in [1.165, 1.54) is 0 Å². The lowest BCUT2D eigenvalue weighted by Gasteiger charge is -2.12. The van der Waals surface area contributed by atoms with Crippen LogP contribution in [-0.2, 0) is 6.42 Å². The SMILES string of the molecule is COc1cc(Br)c(CC[C@H](C)O)cc1OC. The molecule has 0 saturated heterocycles. The minimum atomic E-state index is -0.292. The number of aryl methyl sites for hydroxylation is 1. The van der Waals surface area contributed by atoms with Crippen molar-refractivity contribution < 1.29 is 14.6 Å². The van der Waals surface area contributed by atoms with Crippen molar-refractivity contribution in [2.45, 2.75) is 25.9 Å². The van der Waals surface area contributed by atoms with E-state index < -0.39 is 0 Å². The molecule has 0 spiro atoms. The van der Waals surface area contributed by atoms with E-state index in [1.807, 2.05) is 12.1 Å². The highest BCUT2D eigenvalue weighted by Gasteiger charge is 2.10. The van der Waals surface area contributed by atoms with Crippen molar-refractivity contribution in [3.63, 3.8) is 0 Å². The Labute approximate surface area is 105 Å². The van der Waals surface area contributed by atoms with Crippen molar-refractivity contribution in [2.75, 3.05) is 14.2 Å². The Kier molecular flexibility index (Phi) is 5.09. The molecule has 0 saturated carbocycles. The Morgan fingerprint density at radius 3 is 2.31 bits per heavy atom. The maximum atomic E-state index is 9.26. The van der Waals surface area contributed by atoms with Gasteiger partial charge in [0, 0.05) is 4.47 Å². The van der Waals surface area contributed by atoms with E-state index >= 15 is 0 Å². The van der Waals surface area contributed by atoms with E-state index in [4.69, 9.17) is 9.47 Å². The van der Waals surface area contributed by atoms with E-state index in [2.05, 4.69) is 15.9 Å². The zero-order chi connectivity index (χ0) is 12.1. The molecule has 3 nitrogen and oxygen atoms in total. The first kappa shape index (κ1) is 13.3. The average molecular weight is 289 g/mol. The van der Waals surface area contributed by atoms with Gasteiger partial charge in [0.15, 0.2) is 11.5 Å². The minimum Gasteiger partial charge on any atom is -0.493 e. The normalized spacial score (nSPS) is 12.3. The quantitative estimate of drug-likeness (QED) is 0.906. The van der Waals surface area contributed by atoms with Gasteiger partial charge in [-0.2, -0.15) is 0 Å². The van der Waals surface area contributed by atoms with Gasteiger partial charge in [0.1, 0.15) is 0 Å². The first-order chi connectivity index (χ1) is 7.58. The van der Waals surface area contributed by atoms with Crippen LogP contribution in [0, 0.1) is 0 Å². The first-order valence-electron chi connectivity index (χ1n) is 5.17. The number of hydrogen-bond donors (Lipinski definition) is 1. The van der Waals surface area contributed by atoms with Crippen molar-refractivity contribution in [3.05, 3.63) is 22.2 Å². The zero-order valence-electron chi connectivity index (χ0n) is 9.79. The molecule has 0 aromatic heterocycles. The predicted molar refractivity (Wildman–Crippen MR) is 67.2 cm³/mol. The number of methoxy groups -OCH3 is 2. The van der Waals surface area contributed by atoms with Crippen molar-refractivity contribution in [1.82, 2.24) is 0 Å². The molecule has 0 aliphatic carbocycles. The highest BCUT2D eigenvalue weighted by Crippen LogP contribution is 2.33. The van der Waals surface area contributed by atoms with Crippen LogP contribution in [0.3, 0.4) is 0 Å². The first-order valence-corrected chi connectivity index (χ1v) is 5.96. The summed E-state index contributed by atoms with van der Waals surface area (Å²) in [6.07, 6.45) is 1.24.